The number of hydrogen-bond acceptors (Lipinski definition) is 3. The van der Waals surface area contributed by atoms with Crippen molar-refractivity contribution in [3.63, 3.8) is 0 Å². The van der Waals surface area contributed by atoms with Gasteiger partial charge in [0.15, 0.2) is 0 Å². The van der Waals surface area contributed by atoms with Crippen molar-refractivity contribution in [2.24, 2.45) is 0 Å². The van der Waals surface area contributed by atoms with E-state index in [0.717, 1.165) is 46.9 Å². The molecule has 0 saturated carbocycles. The normalized spacial score (nSPS) is 11.0. The molecule has 0 radical (unpaired) electrons. The predicted octanol–water partition coefficient (Wildman–Crippen LogP) is 5.22. The van der Waals surface area contributed by atoms with Crippen LogP contribution in [0.25, 0.3) is 28.2 Å². The Hall–Kier alpha value is -3.27. The van der Waals surface area contributed by atoms with Crippen LogP contribution in [0.4, 0.5) is 5.69 Å². The van der Waals surface area contributed by atoms with Crippen molar-refractivity contribution >= 4 is 11.2 Å². The van der Waals surface area contributed by atoms with Gasteiger partial charge in [-0.3, -0.25) is 4.40 Å². The van der Waals surface area contributed by atoms with Gasteiger partial charge in [-0.2, -0.15) is 0 Å². The van der Waals surface area contributed by atoms with Crippen molar-refractivity contribution in [1.29, 1.82) is 0 Å². The highest BCUT2D eigenvalue weighted by atomic mass is 16.3. The lowest BCUT2D eigenvalue weighted by Gasteiger charge is -2.21. The summed E-state index contributed by atoms with van der Waals surface area (Å²) in [5.74, 6) is 0.984. The van der Waals surface area contributed by atoms with E-state index in [1.807, 2.05) is 53.1 Å². The third-order valence-electron chi connectivity index (χ3n) is 4.95. The van der Waals surface area contributed by atoms with Crippen molar-refractivity contribution < 1.29 is 5.11 Å². The SMILES string of the molecule is CCN(CC)c1ccc(O)c(-c2nc(-c3ccccc3)c3ccccn23)c1. The Bertz CT molecular complexity index is 1070. The molecule has 0 fully saturated rings. The molecule has 1 N–H and O–H groups in total. The van der Waals surface area contributed by atoms with Crippen LogP contribution in [0.3, 0.4) is 0 Å². The number of phenols is 1. The van der Waals surface area contributed by atoms with Gasteiger partial charge in [-0.05, 0) is 44.2 Å². The van der Waals surface area contributed by atoms with Crippen LogP contribution in [-0.2, 0) is 0 Å². The van der Waals surface area contributed by atoms with Crippen LogP contribution >= 0.6 is 0 Å². The molecule has 0 aliphatic rings. The fraction of sp³-hybridized carbons (Fsp3) is 0.174. The number of pyridine rings is 1. The lowest BCUT2D eigenvalue weighted by atomic mass is 10.1. The molecule has 0 aliphatic carbocycles. The molecule has 0 atom stereocenters. The quantitative estimate of drug-likeness (QED) is 0.532. The summed E-state index contributed by atoms with van der Waals surface area (Å²) in [6.45, 7) is 6.10. The molecule has 2 aromatic heterocycles. The van der Waals surface area contributed by atoms with E-state index in [1.54, 1.807) is 6.07 Å². The number of rotatable bonds is 5. The number of phenolic OH excluding ortho intramolecular Hbond substituents is 1. The summed E-state index contributed by atoms with van der Waals surface area (Å²) in [4.78, 5) is 7.19. The molecule has 0 spiro atoms. The van der Waals surface area contributed by atoms with E-state index in [1.165, 1.54) is 0 Å². The summed E-state index contributed by atoms with van der Waals surface area (Å²) in [6.07, 6.45) is 1.99. The van der Waals surface area contributed by atoms with Gasteiger partial charge in [0.2, 0.25) is 0 Å². The van der Waals surface area contributed by atoms with Crippen LogP contribution in [0.1, 0.15) is 13.8 Å². The van der Waals surface area contributed by atoms with Gasteiger partial charge in [-0.1, -0.05) is 36.4 Å². The summed E-state index contributed by atoms with van der Waals surface area (Å²) >= 11 is 0. The van der Waals surface area contributed by atoms with E-state index in [4.69, 9.17) is 4.98 Å². The maximum atomic E-state index is 10.6. The zero-order valence-corrected chi connectivity index (χ0v) is 15.6. The van der Waals surface area contributed by atoms with E-state index in [9.17, 15) is 5.11 Å². The van der Waals surface area contributed by atoms with Gasteiger partial charge < -0.3 is 10.0 Å². The predicted molar refractivity (Wildman–Crippen MR) is 111 cm³/mol. The van der Waals surface area contributed by atoms with Gasteiger partial charge in [0.05, 0.1) is 16.8 Å². The van der Waals surface area contributed by atoms with Crippen molar-refractivity contribution in [3.8, 4) is 28.4 Å². The van der Waals surface area contributed by atoms with Crippen LogP contribution in [0.2, 0.25) is 0 Å². The highest BCUT2D eigenvalue weighted by Gasteiger charge is 2.17. The van der Waals surface area contributed by atoms with E-state index >= 15 is 0 Å². The number of imidazole rings is 1. The first-order valence-corrected chi connectivity index (χ1v) is 9.33. The number of aromatic hydroxyl groups is 1. The average Bonchev–Trinajstić information content (AvgIpc) is 3.10. The molecule has 27 heavy (non-hydrogen) atoms. The molecule has 4 rings (SSSR count). The Morgan fingerprint density at radius 3 is 2.41 bits per heavy atom. The number of hydrogen-bond donors (Lipinski definition) is 1. The molecule has 0 saturated heterocycles. The molecule has 0 unspecified atom stereocenters. The van der Waals surface area contributed by atoms with E-state index in [0.29, 0.717) is 0 Å². The zero-order chi connectivity index (χ0) is 18.8. The second-order valence-corrected chi connectivity index (χ2v) is 6.48. The highest BCUT2D eigenvalue weighted by molar-refractivity contribution is 5.83. The lowest BCUT2D eigenvalue weighted by molar-refractivity contribution is 0.477. The minimum atomic E-state index is 0.237. The van der Waals surface area contributed by atoms with Gasteiger partial charge in [-0.25, -0.2) is 4.98 Å². The molecule has 4 nitrogen and oxygen atoms in total. The standard InChI is InChI=1S/C23H23N3O/c1-3-25(4-2)18-13-14-21(27)19(16-18)23-24-22(17-10-6-5-7-11-17)20-12-8-9-15-26(20)23/h5-16,27H,3-4H2,1-2H3. The molecule has 2 heterocycles. The van der Waals surface area contributed by atoms with Crippen molar-refractivity contribution in [2.75, 3.05) is 18.0 Å². The summed E-state index contributed by atoms with van der Waals surface area (Å²) < 4.78 is 2.05. The molecule has 2 aromatic carbocycles. The largest absolute Gasteiger partial charge is 0.507 e. The monoisotopic (exact) mass is 357 g/mol. The second-order valence-electron chi connectivity index (χ2n) is 6.48. The molecule has 0 amide bonds. The molecule has 136 valence electrons. The Morgan fingerprint density at radius 2 is 1.67 bits per heavy atom. The fourth-order valence-electron chi connectivity index (χ4n) is 3.52. The third-order valence-corrected chi connectivity index (χ3v) is 4.95. The molecule has 0 bridgehead atoms. The molecular formula is C23H23N3O. The average molecular weight is 357 g/mol. The minimum absolute atomic E-state index is 0.237. The number of fused-ring (bicyclic) bond motifs is 1. The van der Waals surface area contributed by atoms with Crippen LogP contribution in [0.15, 0.2) is 72.9 Å². The minimum Gasteiger partial charge on any atom is -0.507 e. The molecule has 4 heteroatoms. The maximum absolute atomic E-state index is 10.6. The first kappa shape index (κ1) is 17.2. The van der Waals surface area contributed by atoms with Crippen molar-refractivity contribution in [2.45, 2.75) is 13.8 Å². The summed E-state index contributed by atoms with van der Waals surface area (Å²) in [5, 5.41) is 10.6. The van der Waals surface area contributed by atoms with Crippen LogP contribution < -0.4 is 4.90 Å². The Morgan fingerprint density at radius 1 is 0.926 bits per heavy atom. The maximum Gasteiger partial charge on any atom is 0.149 e. The first-order chi connectivity index (χ1) is 13.2. The smallest absolute Gasteiger partial charge is 0.149 e. The summed E-state index contributed by atoms with van der Waals surface area (Å²) in [7, 11) is 0. The van der Waals surface area contributed by atoms with Crippen LogP contribution in [0, 0.1) is 0 Å². The summed E-state index contributed by atoms with van der Waals surface area (Å²) in [6, 6.07) is 22.0. The van der Waals surface area contributed by atoms with Crippen LogP contribution in [0.5, 0.6) is 5.75 Å². The van der Waals surface area contributed by atoms with Crippen molar-refractivity contribution in [1.82, 2.24) is 9.38 Å². The Labute approximate surface area is 159 Å². The molecule has 4 aromatic rings. The van der Waals surface area contributed by atoms with Gasteiger partial charge in [0.1, 0.15) is 11.6 Å². The summed E-state index contributed by atoms with van der Waals surface area (Å²) in [5.41, 5.74) is 4.82. The van der Waals surface area contributed by atoms with Gasteiger partial charge in [0, 0.05) is 30.5 Å². The molecule has 0 aliphatic heterocycles. The van der Waals surface area contributed by atoms with Gasteiger partial charge >= 0.3 is 0 Å². The van der Waals surface area contributed by atoms with E-state index in [2.05, 4.69) is 36.9 Å². The van der Waals surface area contributed by atoms with E-state index < -0.39 is 0 Å². The Balaban J connectivity index is 1.94. The number of nitrogens with zero attached hydrogens (tertiary/aromatic N) is 3. The fourth-order valence-corrected chi connectivity index (χ4v) is 3.52. The topological polar surface area (TPSA) is 40.8 Å². The first-order valence-electron chi connectivity index (χ1n) is 9.33. The highest BCUT2D eigenvalue weighted by Crippen LogP contribution is 2.36. The van der Waals surface area contributed by atoms with Gasteiger partial charge in [0.25, 0.3) is 0 Å². The Kier molecular flexibility index (Phi) is 4.55. The lowest BCUT2D eigenvalue weighted by Crippen LogP contribution is -2.21. The molecular weight excluding hydrogens is 334 g/mol. The second kappa shape index (κ2) is 7.16. The van der Waals surface area contributed by atoms with Crippen molar-refractivity contribution in [3.05, 3.63) is 72.9 Å². The van der Waals surface area contributed by atoms with Gasteiger partial charge in [-0.15, -0.1) is 0 Å². The number of aromatic nitrogens is 2. The third kappa shape index (κ3) is 3.04. The van der Waals surface area contributed by atoms with E-state index in [-0.39, 0.29) is 5.75 Å². The zero-order valence-electron chi connectivity index (χ0n) is 15.6. The number of benzene rings is 2. The number of anilines is 1. The van der Waals surface area contributed by atoms with Crippen LogP contribution in [-0.4, -0.2) is 27.6 Å².